The average Bonchev–Trinajstić information content (AvgIpc) is 2.58. The number of esters is 1. The Balaban J connectivity index is 2.01. The van der Waals surface area contributed by atoms with Crippen molar-refractivity contribution in [3.05, 3.63) is 35.9 Å². The van der Waals surface area contributed by atoms with Crippen LogP contribution in [0.5, 0.6) is 0 Å². The van der Waals surface area contributed by atoms with Gasteiger partial charge in [-0.1, -0.05) is 30.3 Å². The molecule has 140 valence electrons. The van der Waals surface area contributed by atoms with Gasteiger partial charge in [0, 0.05) is 13.6 Å². The Bertz CT molecular complexity index is 536. The molecule has 9 heteroatoms. The highest BCUT2D eigenvalue weighted by atomic mass is 19.4. The molecule has 0 aliphatic heterocycles. The van der Waals surface area contributed by atoms with E-state index in [-0.39, 0.29) is 39.6 Å². The van der Waals surface area contributed by atoms with E-state index in [1.807, 2.05) is 30.3 Å². The molecule has 0 fully saturated rings. The molecule has 1 rings (SSSR count). The van der Waals surface area contributed by atoms with Crippen LogP contribution in [0.15, 0.2) is 30.3 Å². The first kappa shape index (κ1) is 20.9. The van der Waals surface area contributed by atoms with Crippen LogP contribution in [0.1, 0.15) is 5.56 Å². The summed E-state index contributed by atoms with van der Waals surface area (Å²) in [4.78, 5) is 22.8. The van der Waals surface area contributed by atoms with Crippen molar-refractivity contribution in [1.29, 1.82) is 0 Å². The summed E-state index contributed by atoms with van der Waals surface area (Å²) in [5, 5.41) is 0. The van der Waals surface area contributed by atoms with Gasteiger partial charge in [-0.15, -0.1) is 0 Å². The molecule has 0 N–H and O–H groups in total. The summed E-state index contributed by atoms with van der Waals surface area (Å²) >= 11 is 0. The number of hydrogen-bond donors (Lipinski definition) is 0. The van der Waals surface area contributed by atoms with Gasteiger partial charge >= 0.3 is 18.1 Å². The number of carbonyl (C=O) groups excluding carboxylic acids is 2. The van der Waals surface area contributed by atoms with Crippen LogP contribution in [-0.2, 0) is 30.4 Å². The van der Waals surface area contributed by atoms with E-state index in [1.165, 1.54) is 0 Å². The summed E-state index contributed by atoms with van der Waals surface area (Å²) in [6, 6.07) is 9.16. The zero-order valence-corrected chi connectivity index (χ0v) is 13.8. The molecule has 0 spiro atoms. The first-order valence-electron chi connectivity index (χ1n) is 7.48. The van der Waals surface area contributed by atoms with E-state index < -0.39 is 18.1 Å². The largest absolute Gasteiger partial charge is 0.471 e. The number of halogens is 3. The van der Waals surface area contributed by atoms with Gasteiger partial charge in [0.2, 0.25) is 0 Å². The molecule has 0 aliphatic carbocycles. The Labute approximate surface area is 143 Å². The third-order valence-electron chi connectivity index (χ3n) is 2.99. The lowest BCUT2D eigenvalue weighted by Crippen LogP contribution is -2.40. The van der Waals surface area contributed by atoms with E-state index >= 15 is 0 Å². The maximum atomic E-state index is 12.1. The minimum atomic E-state index is -4.89. The number of carbonyl (C=O) groups is 2. The molecule has 0 aromatic heterocycles. The summed E-state index contributed by atoms with van der Waals surface area (Å²) in [5.41, 5.74) is 0.858. The van der Waals surface area contributed by atoms with Crippen LogP contribution < -0.4 is 0 Å². The Morgan fingerprint density at radius 2 is 1.68 bits per heavy atom. The van der Waals surface area contributed by atoms with Gasteiger partial charge in [-0.3, -0.25) is 4.79 Å². The second kappa shape index (κ2) is 10.7. The van der Waals surface area contributed by atoms with E-state index in [0.717, 1.165) is 12.6 Å². The Morgan fingerprint density at radius 1 is 1.04 bits per heavy atom. The lowest BCUT2D eigenvalue weighted by Gasteiger charge is -2.18. The molecule has 1 amide bonds. The van der Waals surface area contributed by atoms with Gasteiger partial charge in [0.1, 0.15) is 13.2 Å². The van der Waals surface area contributed by atoms with Gasteiger partial charge in [0.25, 0.3) is 0 Å². The number of benzene rings is 1. The van der Waals surface area contributed by atoms with Gasteiger partial charge in [-0.2, -0.15) is 13.2 Å². The fourth-order valence-electron chi connectivity index (χ4n) is 1.67. The predicted molar refractivity (Wildman–Crippen MR) is 81.6 cm³/mol. The number of amides is 1. The van der Waals surface area contributed by atoms with Crippen molar-refractivity contribution >= 4 is 11.9 Å². The van der Waals surface area contributed by atoms with Crippen molar-refractivity contribution in [1.82, 2.24) is 4.90 Å². The highest BCUT2D eigenvalue weighted by Crippen LogP contribution is 2.17. The van der Waals surface area contributed by atoms with E-state index in [1.54, 1.807) is 0 Å². The van der Waals surface area contributed by atoms with E-state index in [0.29, 0.717) is 4.90 Å². The van der Waals surface area contributed by atoms with Gasteiger partial charge in [0.05, 0.1) is 19.8 Å². The lowest BCUT2D eigenvalue weighted by molar-refractivity contribution is -0.184. The van der Waals surface area contributed by atoms with Crippen molar-refractivity contribution in [2.75, 3.05) is 40.0 Å². The molecule has 0 atom stereocenters. The maximum absolute atomic E-state index is 12.1. The number of ether oxygens (including phenoxy) is 3. The van der Waals surface area contributed by atoms with Crippen LogP contribution in [-0.4, -0.2) is 63.0 Å². The number of alkyl halides is 3. The highest BCUT2D eigenvalue weighted by molar-refractivity contribution is 5.81. The third-order valence-corrected chi connectivity index (χ3v) is 2.99. The first-order chi connectivity index (χ1) is 11.8. The summed E-state index contributed by atoms with van der Waals surface area (Å²) in [6.07, 6.45) is -4.89. The smallest absolute Gasteiger partial charge is 0.459 e. The topological polar surface area (TPSA) is 65.1 Å². The van der Waals surface area contributed by atoms with Gasteiger partial charge in [-0.05, 0) is 5.56 Å². The SMILES string of the molecule is CN(CCOCCOCC(=O)OCc1ccccc1)C(=O)C(F)(F)F. The zero-order chi connectivity index (χ0) is 18.7. The molecule has 0 unspecified atom stereocenters. The highest BCUT2D eigenvalue weighted by Gasteiger charge is 2.40. The number of rotatable bonds is 10. The van der Waals surface area contributed by atoms with Crippen molar-refractivity contribution < 1.29 is 37.0 Å². The number of nitrogens with zero attached hydrogens (tertiary/aromatic N) is 1. The summed E-state index contributed by atoms with van der Waals surface area (Å²) < 4.78 is 51.4. The molecular weight excluding hydrogens is 343 g/mol. The Kier molecular flexibility index (Phi) is 8.93. The molecular formula is C16H20F3NO5. The molecule has 6 nitrogen and oxygen atoms in total. The van der Waals surface area contributed by atoms with Crippen molar-refractivity contribution in [3.63, 3.8) is 0 Å². The average molecular weight is 363 g/mol. The second-order valence-corrected chi connectivity index (χ2v) is 5.04. The summed E-state index contributed by atoms with van der Waals surface area (Å²) in [6.45, 7) is -0.198. The maximum Gasteiger partial charge on any atom is 0.471 e. The van der Waals surface area contributed by atoms with Crippen molar-refractivity contribution in [2.45, 2.75) is 12.8 Å². The third kappa shape index (κ3) is 9.06. The van der Waals surface area contributed by atoms with Gasteiger partial charge < -0.3 is 19.1 Å². The monoisotopic (exact) mass is 363 g/mol. The van der Waals surface area contributed by atoms with Gasteiger partial charge in [-0.25, -0.2) is 4.79 Å². The summed E-state index contributed by atoms with van der Waals surface area (Å²) in [7, 11) is 1.04. The molecule has 0 heterocycles. The second-order valence-electron chi connectivity index (χ2n) is 5.04. The lowest BCUT2D eigenvalue weighted by atomic mass is 10.2. The molecule has 0 radical (unpaired) electrons. The Hall–Kier alpha value is -2.13. The van der Waals surface area contributed by atoms with Crippen LogP contribution in [0, 0.1) is 0 Å². The molecule has 25 heavy (non-hydrogen) atoms. The summed E-state index contributed by atoms with van der Waals surface area (Å²) in [5.74, 6) is -2.45. The number of likely N-dealkylation sites (N-methyl/N-ethyl adjacent to an activating group) is 1. The van der Waals surface area contributed by atoms with Crippen LogP contribution in [0.4, 0.5) is 13.2 Å². The first-order valence-corrected chi connectivity index (χ1v) is 7.48. The molecule has 1 aromatic carbocycles. The molecule has 0 bridgehead atoms. The molecule has 0 aliphatic rings. The van der Waals surface area contributed by atoms with Crippen LogP contribution in [0.2, 0.25) is 0 Å². The standard InChI is InChI=1S/C16H20F3NO5/c1-20(15(22)16(17,18)19)7-8-23-9-10-24-12-14(21)25-11-13-5-3-2-4-6-13/h2-6H,7-12H2,1H3. The molecule has 0 saturated carbocycles. The normalized spacial score (nSPS) is 11.2. The van der Waals surface area contributed by atoms with Crippen LogP contribution >= 0.6 is 0 Å². The minimum absolute atomic E-state index is 0.0693. The quantitative estimate of drug-likeness (QED) is 0.468. The van der Waals surface area contributed by atoms with Crippen LogP contribution in [0.3, 0.4) is 0 Å². The predicted octanol–water partition coefficient (Wildman–Crippen LogP) is 1.78. The number of hydrogen-bond acceptors (Lipinski definition) is 5. The van der Waals surface area contributed by atoms with E-state index in [4.69, 9.17) is 14.2 Å². The Morgan fingerprint density at radius 3 is 2.32 bits per heavy atom. The zero-order valence-electron chi connectivity index (χ0n) is 13.8. The van der Waals surface area contributed by atoms with E-state index in [9.17, 15) is 22.8 Å². The van der Waals surface area contributed by atoms with Gasteiger partial charge in [0.15, 0.2) is 0 Å². The molecule has 1 aromatic rings. The van der Waals surface area contributed by atoms with Crippen molar-refractivity contribution in [2.24, 2.45) is 0 Å². The fraction of sp³-hybridized carbons (Fsp3) is 0.500. The van der Waals surface area contributed by atoms with Crippen molar-refractivity contribution in [3.8, 4) is 0 Å². The van der Waals surface area contributed by atoms with Crippen LogP contribution in [0.25, 0.3) is 0 Å². The molecule has 0 saturated heterocycles. The van der Waals surface area contributed by atoms with E-state index in [2.05, 4.69) is 0 Å². The fourth-order valence-corrected chi connectivity index (χ4v) is 1.67. The minimum Gasteiger partial charge on any atom is -0.459 e.